The molecule has 0 spiro atoms. The van der Waals surface area contributed by atoms with Gasteiger partial charge in [-0.15, -0.1) is 11.3 Å². The number of phenolic OH excluding ortho intramolecular Hbond substituents is 1. The molecule has 3 aromatic rings. The Hall–Kier alpha value is -4.10. The van der Waals surface area contributed by atoms with Gasteiger partial charge < -0.3 is 5.11 Å². The van der Waals surface area contributed by atoms with Crippen molar-refractivity contribution in [2.75, 3.05) is 0 Å². The third-order valence-electron chi connectivity index (χ3n) is 8.78. The zero-order chi connectivity index (χ0) is 27.0. The lowest BCUT2D eigenvalue weighted by molar-refractivity contribution is -0.140. The summed E-state index contributed by atoms with van der Waals surface area (Å²) in [7, 11) is 0. The van der Waals surface area contributed by atoms with E-state index in [4.69, 9.17) is 0 Å². The normalized spacial score (nSPS) is 26.4. The Balaban J connectivity index is 1.41. The summed E-state index contributed by atoms with van der Waals surface area (Å²) in [6.45, 7) is 1.88. The second kappa shape index (κ2) is 8.71. The number of hydrogen-bond donors (Lipinski definition) is 1. The zero-order valence-corrected chi connectivity index (χ0v) is 22.0. The lowest BCUT2D eigenvalue weighted by Crippen LogP contribution is -2.39. The van der Waals surface area contributed by atoms with Crippen LogP contribution in [0.15, 0.2) is 88.4 Å². The number of likely N-dealkylation sites (tertiary alicyclic amines) is 1. The summed E-state index contributed by atoms with van der Waals surface area (Å²) in [5.74, 6) is -3.02. The molecule has 1 aliphatic heterocycles. The van der Waals surface area contributed by atoms with Crippen molar-refractivity contribution in [2.45, 2.75) is 32.2 Å². The van der Waals surface area contributed by atoms with Crippen molar-refractivity contribution in [2.24, 2.45) is 17.8 Å². The Labute approximate surface area is 228 Å². The second-order valence-electron chi connectivity index (χ2n) is 10.8. The number of carbonyl (C=O) groups excluding carboxylic acids is 4. The van der Waals surface area contributed by atoms with Crippen molar-refractivity contribution in [3.63, 3.8) is 0 Å². The molecule has 194 valence electrons. The van der Waals surface area contributed by atoms with Gasteiger partial charge in [0.15, 0.2) is 11.6 Å². The maximum Gasteiger partial charge on any atom is 0.234 e. The molecule has 6 nitrogen and oxygen atoms in total. The van der Waals surface area contributed by atoms with Crippen molar-refractivity contribution in [1.82, 2.24) is 4.90 Å². The van der Waals surface area contributed by atoms with Crippen LogP contribution >= 0.6 is 11.3 Å². The lowest BCUT2D eigenvalue weighted by Gasteiger charge is -2.42. The maximum absolute atomic E-state index is 13.9. The summed E-state index contributed by atoms with van der Waals surface area (Å²) in [6.07, 6.45) is 3.98. The average Bonchev–Trinajstić information content (AvgIpc) is 3.53. The number of allylic oxidation sites excluding steroid dienone is 6. The van der Waals surface area contributed by atoms with E-state index in [1.165, 1.54) is 22.3 Å². The van der Waals surface area contributed by atoms with Crippen molar-refractivity contribution in [1.29, 1.82) is 0 Å². The van der Waals surface area contributed by atoms with Gasteiger partial charge in [-0.1, -0.05) is 48.0 Å². The van der Waals surface area contributed by atoms with E-state index in [1.807, 2.05) is 53.9 Å². The number of imide groups is 1. The van der Waals surface area contributed by atoms with Gasteiger partial charge in [-0.3, -0.25) is 24.1 Å². The predicted octanol–water partition coefficient (Wildman–Crippen LogP) is 5.24. The van der Waals surface area contributed by atoms with Gasteiger partial charge in [0.05, 0.1) is 18.4 Å². The smallest absolute Gasteiger partial charge is 0.234 e. The molecule has 2 amide bonds. The van der Waals surface area contributed by atoms with Crippen molar-refractivity contribution in [3.05, 3.63) is 98.8 Å². The molecule has 4 unspecified atom stereocenters. The van der Waals surface area contributed by atoms with Crippen LogP contribution in [0.2, 0.25) is 0 Å². The van der Waals surface area contributed by atoms with Gasteiger partial charge in [0, 0.05) is 33.1 Å². The lowest BCUT2D eigenvalue weighted by atomic mass is 9.59. The van der Waals surface area contributed by atoms with Crippen LogP contribution in [0.25, 0.3) is 10.8 Å². The number of thiophene rings is 1. The molecule has 7 rings (SSSR count). The van der Waals surface area contributed by atoms with Gasteiger partial charge in [0.2, 0.25) is 11.8 Å². The topological polar surface area (TPSA) is 91.8 Å². The second-order valence-corrected chi connectivity index (χ2v) is 11.8. The molecule has 0 bridgehead atoms. The van der Waals surface area contributed by atoms with Crippen molar-refractivity contribution in [3.8, 4) is 5.75 Å². The van der Waals surface area contributed by atoms with Gasteiger partial charge in [0.25, 0.3) is 0 Å². The molecule has 0 saturated carbocycles. The third-order valence-corrected chi connectivity index (χ3v) is 9.65. The van der Waals surface area contributed by atoms with Crippen LogP contribution in [0.1, 0.15) is 36.1 Å². The van der Waals surface area contributed by atoms with E-state index in [1.54, 1.807) is 13.0 Å². The molecule has 39 heavy (non-hydrogen) atoms. The summed E-state index contributed by atoms with van der Waals surface area (Å²) in [5.41, 5.74) is 2.56. The highest BCUT2D eigenvalue weighted by Crippen LogP contribution is 2.57. The van der Waals surface area contributed by atoms with Crippen LogP contribution in [0.5, 0.6) is 5.75 Å². The number of hydrogen-bond acceptors (Lipinski definition) is 6. The van der Waals surface area contributed by atoms with Crippen molar-refractivity contribution >= 4 is 45.5 Å². The monoisotopic (exact) mass is 535 g/mol. The molecule has 7 heteroatoms. The largest absolute Gasteiger partial charge is 0.508 e. The predicted molar refractivity (Wildman–Crippen MR) is 147 cm³/mol. The Morgan fingerprint density at radius 3 is 2.59 bits per heavy atom. The number of phenols is 1. The first-order valence-electron chi connectivity index (χ1n) is 13.1. The highest BCUT2D eigenvalue weighted by molar-refractivity contribution is 7.09. The summed E-state index contributed by atoms with van der Waals surface area (Å²) in [6, 6.07) is 14.9. The molecule has 4 atom stereocenters. The highest BCUT2D eigenvalue weighted by atomic mass is 32.1. The fraction of sp³-hybridized carbons (Fsp3) is 0.250. The van der Waals surface area contributed by atoms with Gasteiger partial charge in [-0.05, 0) is 60.0 Å². The molecular formula is C32H25NO5S. The Morgan fingerprint density at radius 2 is 1.79 bits per heavy atom. The SMILES string of the molecule is CC1=CC(=O)C2=C(CC3C(=CCC4C(=O)N(Cc5cccs5)C(=O)C43)C2c2c(O)ccc3ccccc23)C1=O. The van der Waals surface area contributed by atoms with Crippen LogP contribution in [-0.4, -0.2) is 33.4 Å². The number of amides is 2. The number of benzene rings is 2. The molecule has 1 fully saturated rings. The first-order chi connectivity index (χ1) is 18.8. The van der Waals surface area contributed by atoms with E-state index in [2.05, 4.69) is 0 Å². The van der Waals surface area contributed by atoms with E-state index < -0.39 is 23.7 Å². The van der Waals surface area contributed by atoms with Crippen LogP contribution < -0.4 is 0 Å². The van der Waals surface area contributed by atoms with Crippen molar-refractivity contribution < 1.29 is 24.3 Å². The number of ketones is 2. The molecule has 0 radical (unpaired) electrons. The van der Waals surface area contributed by atoms with E-state index >= 15 is 0 Å². The fourth-order valence-corrected chi connectivity index (χ4v) is 7.77. The van der Waals surface area contributed by atoms with E-state index in [0.29, 0.717) is 28.7 Å². The molecule has 2 heterocycles. The third kappa shape index (κ3) is 3.46. The average molecular weight is 536 g/mol. The first-order valence-corrected chi connectivity index (χ1v) is 14.0. The molecular weight excluding hydrogens is 510 g/mol. The summed E-state index contributed by atoms with van der Waals surface area (Å²) < 4.78 is 0. The summed E-state index contributed by atoms with van der Waals surface area (Å²) in [4.78, 5) is 56.7. The first kappa shape index (κ1) is 24.0. The van der Waals surface area contributed by atoms with E-state index in [0.717, 1.165) is 21.2 Å². The number of nitrogens with zero attached hydrogens (tertiary/aromatic N) is 1. The molecule has 1 saturated heterocycles. The maximum atomic E-state index is 13.9. The van der Waals surface area contributed by atoms with Gasteiger partial charge in [-0.25, -0.2) is 0 Å². The minimum absolute atomic E-state index is 0.0360. The number of carbonyl (C=O) groups is 4. The molecule has 3 aliphatic carbocycles. The van der Waals surface area contributed by atoms with E-state index in [-0.39, 0.29) is 42.1 Å². The van der Waals surface area contributed by atoms with Crippen LogP contribution in [0, 0.1) is 17.8 Å². The minimum atomic E-state index is -0.680. The molecule has 1 N–H and O–H groups in total. The summed E-state index contributed by atoms with van der Waals surface area (Å²) in [5, 5.41) is 14.8. The van der Waals surface area contributed by atoms with Gasteiger partial charge in [0.1, 0.15) is 5.75 Å². The Kier molecular flexibility index (Phi) is 5.36. The standard InChI is InChI=1S/C32H25NO5S/c1-16-13-25(35)28-23(30(16)36)14-22-20(29(28)27-19-7-3-2-5-17(19)8-11-24(27)34)9-10-21-26(22)32(38)33(31(21)37)15-18-6-4-12-39-18/h2-9,11-13,21-22,26,29,34H,10,14-15H2,1H3. The number of Topliss-reactive ketones (excluding diaryl/α,β-unsaturated/α-hetero) is 1. The van der Waals surface area contributed by atoms with E-state index in [9.17, 15) is 24.3 Å². The zero-order valence-electron chi connectivity index (χ0n) is 21.2. The number of fused-ring (bicyclic) bond motifs is 4. The molecule has 1 aromatic heterocycles. The Morgan fingerprint density at radius 1 is 0.974 bits per heavy atom. The highest BCUT2D eigenvalue weighted by Gasteiger charge is 2.56. The van der Waals surface area contributed by atoms with Crippen LogP contribution in [0.3, 0.4) is 0 Å². The molecule has 2 aromatic carbocycles. The number of rotatable bonds is 3. The summed E-state index contributed by atoms with van der Waals surface area (Å²) >= 11 is 1.50. The van der Waals surface area contributed by atoms with Crippen LogP contribution in [0.4, 0.5) is 0 Å². The quantitative estimate of drug-likeness (QED) is 0.282. The fourth-order valence-electron chi connectivity index (χ4n) is 7.08. The number of aromatic hydroxyl groups is 1. The Bertz CT molecular complexity index is 1710. The van der Waals surface area contributed by atoms with Gasteiger partial charge in [-0.2, -0.15) is 0 Å². The van der Waals surface area contributed by atoms with Crippen LogP contribution in [-0.2, 0) is 25.7 Å². The molecule has 4 aliphatic rings. The minimum Gasteiger partial charge on any atom is -0.508 e. The van der Waals surface area contributed by atoms with Gasteiger partial charge >= 0.3 is 0 Å².